The van der Waals surface area contributed by atoms with E-state index in [2.05, 4.69) is 0 Å². The monoisotopic (exact) mass is 217 g/mol. The third-order valence-corrected chi connectivity index (χ3v) is 2.78. The zero-order chi connectivity index (χ0) is 11.3. The van der Waals surface area contributed by atoms with Gasteiger partial charge in [0.2, 0.25) is 0 Å². The highest BCUT2D eigenvalue weighted by atomic mass is 32.2. The van der Waals surface area contributed by atoms with Gasteiger partial charge in [0.25, 0.3) is 0 Å². The van der Waals surface area contributed by atoms with Crippen LogP contribution in [0.3, 0.4) is 0 Å². The first kappa shape index (κ1) is 11.5. The van der Waals surface area contributed by atoms with Crippen molar-refractivity contribution in [3.63, 3.8) is 0 Å². The summed E-state index contributed by atoms with van der Waals surface area (Å²) in [5.41, 5.74) is 1.66. The molecule has 0 aliphatic rings. The number of carbonyl (C=O) groups excluding carboxylic acids is 1. The molecule has 0 heterocycles. The van der Waals surface area contributed by atoms with E-state index in [0.29, 0.717) is 5.56 Å². The molecule has 0 N–H and O–H groups in total. The fraction of sp³-hybridized carbons (Fsp3) is 0.167. The number of ketones is 1. The Bertz CT molecular complexity index is 426. The molecule has 0 radical (unpaired) electrons. The molecule has 0 aromatic heterocycles. The van der Waals surface area contributed by atoms with Gasteiger partial charge in [-0.25, -0.2) is 0 Å². The van der Waals surface area contributed by atoms with Gasteiger partial charge in [-0.1, -0.05) is 24.3 Å². The van der Waals surface area contributed by atoms with Crippen LogP contribution in [-0.2, 0) is 0 Å². The van der Waals surface area contributed by atoms with Crippen LogP contribution >= 0.6 is 11.8 Å². The van der Waals surface area contributed by atoms with Gasteiger partial charge in [-0.3, -0.25) is 4.79 Å². The van der Waals surface area contributed by atoms with Gasteiger partial charge in [-0.2, -0.15) is 5.26 Å². The lowest BCUT2D eigenvalue weighted by Gasteiger charge is -2.03. The molecule has 0 amide bonds. The molecule has 0 fully saturated rings. The first-order valence-electron chi connectivity index (χ1n) is 4.44. The van der Waals surface area contributed by atoms with Gasteiger partial charge in [-0.05, 0) is 18.7 Å². The Morgan fingerprint density at radius 3 is 2.27 bits per heavy atom. The van der Waals surface area contributed by atoms with E-state index in [1.165, 1.54) is 24.8 Å². The molecule has 0 spiro atoms. The molecule has 0 unspecified atom stereocenters. The molecule has 2 nitrogen and oxygen atoms in total. The maximum atomic E-state index is 11.0. The number of Topliss-reactive ketones (excluding diaryl/α,β-unsaturated/α-hetero) is 1. The Balaban J connectivity index is 3.03. The predicted octanol–water partition coefficient (Wildman–Crippen LogP) is 3.12. The quantitative estimate of drug-likeness (QED) is 0.577. The zero-order valence-electron chi connectivity index (χ0n) is 8.65. The molecule has 76 valence electrons. The van der Waals surface area contributed by atoms with Gasteiger partial charge >= 0.3 is 0 Å². The fourth-order valence-corrected chi connectivity index (χ4v) is 1.73. The minimum Gasteiger partial charge on any atom is -0.295 e. The summed E-state index contributed by atoms with van der Waals surface area (Å²) < 4.78 is 0. The molecule has 0 atom stereocenters. The van der Waals surface area contributed by atoms with Crippen molar-refractivity contribution in [1.82, 2.24) is 0 Å². The van der Waals surface area contributed by atoms with Crippen molar-refractivity contribution in [2.45, 2.75) is 6.92 Å². The Kier molecular flexibility index (Phi) is 4.14. The van der Waals surface area contributed by atoms with Crippen LogP contribution in [-0.4, -0.2) is 12.0 Å². The van der Waals surface area contributed by atoms with Crippen LogP contribution in [0.25, 0.3) is 4.91 Å². The van der Waals surface area contributed by atoms with Crippen LogP contribution in [0.5, 0.6) is 0 Å². The Morgan fingerprint density at radius 2 is 1.87 bits per heavy atom. The lowest BCUT2D eigenvalue weighted by molar-refractivity contribution is 0.101. The second-order valence-corrected chi connectivity index (χ2v) is 3.82. The number of nitrogens with zero attached hydrogens (tertiary/aromatic N) is 1. The summed E-state index contributed by atoms with van der Waals surface area (Å²) >= 11 is 1.52. The molecule has 1 rings (SSSR count). The number of allylic oxidation sites excluding steroid dienone is 1. The fourth-order valence-electron chi connectivity index (χ4n) is 1.19. The summed E-state index contributed by atoms with van der Waals surface area (Å²) in [6, 6.07) is 9.27. The maximum absolute atomic E-state index is 11.0. The van der Waals surface area contributed by atoms with Gasteiger partial charge in [-0.15, -0.1) is 11.8 Å². The summed E-state index contributed by atoms with van der Waals surface area (Å²) in [4.78, 5) is 12.0. The number of nitriles is 1. The van der Waals surface area contributed by atoms with Crippen LogP contribution in [0.15, 0.2) is 30.3 Å². The molecule has 15 heavy (non-hydrogen) atoms. The van der Waals surface area contributed by atoms with Crippen LogP contribution in [0.1, 0.15) is 22.8 Å². The molecule has 0 aliphatic carbocycles. The molecule has 0 bridgehead atoms. The molecule has 0 saturated carbocycles. The topological polar surface area (TPSA) is 40.9 Å². The normalized spacial score (nSPS) is 10.9. The summed E-state index contributed by atoms with van der Waals surface area (Å²) in [5.74, 6) is 0.0523. The van der Waals surface area contributed by atoms with E-state index in [9.17, 15) is 4.79 Å². The van der Waals surface area contributed by atoms with Crippen molar-refractivity contribution < 1.29 is 4.79 Å². The lowest BCUT2D eigenvalue weighted by atomic mass is 10.1. The molecular weight excluding hydrogens is 206 g/mol. The van der Waals surface area contributed by atoms with Gasteiger partial charge in [0.15, 0.2) is 5.78 Å². The van der Waals surface area contributed by atoms with E-state index >= 15 is 0 Å². The van der Waals surface area contributed by atoms with Gasteiger partial charge < -0.3 is 0 Å². The van der Waals surface area contributed by atoms with Crippen LogP contribution in [0, 0.1) is 11.3 Å². The minimum absolute atomic E-state index is 0.0523. The third kappa shape index (κ3) is 2.97. The molecule has 1 aromatic carbocycles. The lowest BCUT2D eigenvalue weighted by Crippen LogP contribution is -1.91. The molecule has 1 aromatic rings. The largest absolute Gasteiger partial charge is 0.295 e. The van der Waals surface area contributed by atoms with Crippen LogP contribution < -0.4 is 0 Å². The molecular formula is C12H11NOS. The van der Waals surface area contributed by atoms with Crippen LogP contribution in [0.2, 0.25) is 0 Å². The first-order valence-corrected chi connectivity index (χ1v) is 5.66. The number of rotatable bonds is 3. The van der Waals surface area contributed by atoms with E-state index in [0.717, 1.165) is 10.5 Å². The SMILES string of the molecule is CS/C(=C/C#N)c1ccc(C(C)=O)cc1. The second kappa shape index (κ2) is 5.38. The van der Waals surface area contributed by atoms with E-state index in [-0.39, 0.29) is 5.78 Å². The van der Waals surface area contributed by atoms with Crippen molar-refractivity contribution in [2.24, 2.45) is 0 Å². The standard InChI is InChI=1S/C12H11NOS/c1-9(14)10-3-5-11(6-4-10)12(15-2)7-8-13/h3-7H,1-2H3/b12-7+. The highest BCUT2D eigenvalue weighted by molar-refractivity contribution is 8.07. The minimum atomic E-state index is 0.0523. The Morgan fingerprint density at radius 1 is 1.33 bits per heavy atom. The van der Waals surface area contributed by atoms with Gasteiger partial charge in [0.05, 0.1) is 6.07 Å². The second-order valence-electron chi connectivity index (χ2n) is 2.98. The van der Waals surface area contributed by atoms with Crippen molar-refractivity contribution >= 4 is 22.5 Å². The average molecular weight is 217 g/mol. The number of hydrogen-bond donors (Lipinski definition) is 0. The van der Waals surface area contributed by atoms with Crippen molar-refractivity contribution in [1.29, 1.82) is 5.26 Å². The van der Waals surface area contributed by atoms with Gasteiger partial charge in [0, 0.05) is 16.5 Å². The molecule has 0 aliphatic heterocycles. The van der Waals surface area contributed by atoms with Crippen molar-refractivity contribution in [2.75, 3.05) is 6.26 Å². The molecule has 0 saturated heterocycles. The number of hydrogen-bond acceptors (Lipinski definition) is 3. The summed E-state index contributed by atoms with van der Waals surface area (Å²) in [6.45, 7) is 1.54. The highest BCUT2D eigenvalue weighted by Gasteiger charge is 2.02. The third-order valence-electron chi connectivity index (χ3n) is 1.99. The van der Waals surface area contributed by atoms with Crippen molar-refractivity contribution in [3.05, 3.63) is 41.5 Å². The zero-order valence-corrected chi connectivity index (χ0v) is 9.47. The number of benzene rings is 1. The van der Waals surface area contributed by atoms with Crippen molar-refractivity contribution in [3.8, 4) is 6.07 Å². The van der Waals surface area contributed by atoms with E-state index in [1.54, 1.807) is 12.1 Å². The van der Waals surface area contributed by atoms with E-state index in [4.69, 9.17) is 5.26 Å². The Labute approximate surface area is 93.6 Å². The molecule has 3 heteroatoms. The van der Waals surface area contributed by atoms with E-state index < -0.39 is 0 Å². The van der Waals surface area contributed by atoms with Crippen LogP contribution in [0.4, 0.5) is 0 Å². The Hall–Kier alpha value is -1.53. The summed E-state index contributed by atoms with van der Waals surface area (Å²) in [7, 11) is 0. The highest BCUT2D eigenvalue weighted by Crippen LogP contribution is 2.24. The smallest absolute Gasteiger partial charge is 0.159 e. The number of carbonyl (C=O) groups is 1. The van der Waals surface area contributed by atoms with E-state index in [1.807, 2.05) is 24.5 Å². The summed E-state index contributed by atoms with van der Waals surface area (Å²) in [5, 5.41) is 8.58. The predicted molar refractivity (Wildman–Crippen MR) is 63.6 cm³/mol. The summed E-state index contributed by atoms with van der Waals surface area (Å²) in [6.07, 6.45) is 3.43. The number of thioether (sulfide) groups is 1. The maximum Gasteiger partial charge on any atom is 0.159 e. The van der Waals surface area contributed by atoms with Gasteiger partial charge in [0.1, 0.15) is 0 Å². The average Bonchev–Trinajstić information content (AvgIpc) is 2.26. The first-order chi connectivity index (χ1) is 7.19.